The quantitative estimate of drug-likeness (QED) is 0.690. The minimum atomic E-state index is -2.95. The van der Waals surface area contributed by atoms with Crippen molar-refractivity contribution in [2.75, 3.05) is 24.6 Å². The standard InChI is InChI=1S/C9H18N2O3S/c1-2-8(10)9(12)11-4-3-6-15(13,14)7-5-11/h8H,2-7,10H2,1H3/t8-/m0/s1. The molecule has 1 amide bonds. The van der Waals surface area contributed by atoms with Crippen LogP contribution in [0, 0.1) is 0 Å². The normalized spacial score (nSPS) is 23.2. The zero-order valence-electron chi connectivity index (χ0n) is 8.98. The van der Waals surface area contributed by atoms with Crippen molar-refractivity contribution in [1.29, 1.82) is 0 Å². The molecule has 0 spiro atoms. The molecule has 0 aromatic heterocycles. The molecule has 88 valence electrons. The SMILES string of the molecule is CC[C@H](N)C(=O)N1CCCS(=O)(=O)CC1. The van der Waals surface area contributed by atoms with Crippen molar-refractivity contribution < 1.29 is 13.2 Å². The van der Waals surface area contributed by atoms with Gasteiger partial charge in [0.15, 0.2) is 9.84 Å². The van der Waals surface area contributed by atoms with Gasteiger partial charge >= 0.3 is 0 Å². The number of carbonyl (C=O) groups is 1. The number of hydrogen-bond donors (Lipinski definition) is 1. The largest absolute Gasteiger partial charge is 0.340 e. The first-order chi connectivity index (χ1) is 6.96. The number of nitrogens with zero attached hydrogens (tertiary/aromatic N) is 1. The van der Waals surface area contributed by atoms with E-state index in [1.165, 1.54) is 0 Å². The average Bonchev–Trinajstić information content (AvgIpc) is 2.37. The van der Waals surface area contributed by atoms with Crippen molar-refractivity contribution in [3.05, 3.63) is 0 Å². The van der Waals surface area contributed by atoms with Gasteiger partial charge in [0.25, 0.3) is 0 Å². The average molecular weight is 234 g/mol. The molecule has 1 aliphatic heterocycles. The Hall–Kier alpha value is -0.620. The van der Waals surface area contributed by atoms with E-state index in [1.54, 1.807) is 4.90 Å². The van der Waals surface area contributed by atoms with E-state index >= 15 is 0 Å². The molecule has 0 aromatic carbocycles. The molecule has 0 saturated carbocycles. The van der Waals surface area contributed by atoms with Gasteiger partial charge in [-0.3, -0.25) is 4.79 Å². The second-order valence-corrected chi connectivity index (χ2v) is 6.15. The third-order valence-electron chi connectivity index (χ3n) is 2.62. The van der Waals surface area contributed by atoms with E-state index in [9.17, 15) is 13.2 Å². The maximum atomic E-state index is 11.7. The van der Waals surface area contributed by atoms with Crippen LogP contribution in [-0.4, -0.2) is 49.9 Å². The highest BCUT2D eigenvalue weighted by molar-refractivity contribution is 7.91. The molecule has 1 atom stereocenters. The summed E-state index contributed by atoms with van der Waals surface area (Å²) < 4.78 is 22.6. The van der Waals surface area contributed by atoms with Crippen molar-refractivity contribution in [1.82, 2.24) is 4.90 Å². The number of sulfone groups is 1. The second kappa shape index (κ2) is 4.94. The summed E-state index contributed by atoms with van der Waals surface area (Å²) in [6.07, 6.45) is 1.10. The van der Waals surface area contributed by atoms with E-state index < -0.39 is 15.9 Å². The van der Waals surface area contributed by atoms with E-state index in [4.69, 9.17) is 5.73 Å². The van der Waals surface area contributed by atoms with Gasteiger partial charge in [0.2, 0.25) is 5.91 Å². The lowest BCUT2D eigenvalue weighted by Crippen LogP contribution is -2.44. The second-order valence-electron chi connectivity index (χ2n) is 3.85. The fourth-order valence-electron chi connectivity index (χ4n) is 1.57. The predicted octanol–water partition coefficient (Wildman–Crippen LogP) is -0.629. The molecule has 0 radical (unpaired) electrons. The number of amides is 1. The Morgan fingerprint density at radius 1 is 1.40 bits per heavy atom. The first-order valence-electron chi connectivity index (χ1n) is 5.21. The van der Waals surface area contributed by atoms with E-state index in [-0.39, 0.29) is 24.0 Å². The Bertz CT molecular complexity index is 326. The van der Waals surface area contributed by atoms with Crippen LogP contribution in [0.25, 0.3) is 0 Å². The Morgan fingerprint density at radius 2 is 2.07 bits per heavy atom. The molecule has 0 aliphatic carbocycles. The molecule has 5 nitrogen and oxygen atoms in total. The molecule has 1 saturated heterocycles. The molecule has 1 heterocycles. The highest BCUT2D eigenvalue weighted by atomic mass is 32.2. The van der Waals surface area contributed by atoms with Gasteiger partial charge in [-0.15, -0.1) is 0 Å². The maximum absolute atomic E-state index is 11.7. The summed E-state index contributed by atoms with van der Waals surface area (Å²) >= 11 is 0. The Kier molecular flexibility index (Phi) is 4.10. The third-order valence-corrected chi connectivity index (χ3v) is 4.34. The highest BCUT2D eigenvalue weighted by Gasteiger charge is 2.24. The van der Waals surface area contributed by atoms with Gasteiger partial charge in [-0.25, -0.2) is 8.42 Å². The zero-order valence-corrected chi connectivity index (χ0v) is 9.79. The van der Waals surface area contributed by atoms with Crippen LogP contribution < -0.4 is 5.73 Å². The van der Waals surface area contributed by atoms with Crippen molar-refractivity contribution >= 4 is 15.7 Å². The van der Waals surface area contributed by atoms with Crippen molar-refractivity contribution in [2.24, 2.45) is 5.73 Å². The lowest BCUT2D eigenvalue weighted by molar-refractivity contribution is -0.132. The Morgan fingerprint density at radius 3 is 2.67 bits per heavy atom. The molecule has 15 heavy (non-hydrogen) atoms. The van der Waals surface area contributed by atoms with Gasteiger partial charge in [0.05, 0.1) is 17.5 Å². The summed E-state index contributed by atoms with van der Waals surface area (Å²) in [7, 11) is -2.95. The van der Waals surface area contributed by atoms with Gasteiger partial charge in [0.1, 0.15) is 0 Å². The molecule has 1 rings (SSSR count). The Labute approximate surface area is 90.5 Å². The smallest absolute Gasteiger partial charge is 0.239 e. The molecule has 1 fully saturated rings. The summed E-state index contributed by atoms with van der Waals surface area (Å²) in [4.78, 5) is 13.3. The number of carbonyl (C=O) groups excluding carboxylic acids is 1. The Balaban J connectivity index is 2.62. The molecule has 2 N–H and O–H groups in total. The van der Waals surface area contributed by atoms with Crippen LogP contribution in [0.2, 0.25) is 0 Å². The lowest BCUT2D eigenvalue weighted by Gasteiger charge is -2.22. The first-order valence-corrected chi connectivity index (χ1v) is 7.03. The van der Waals surface area contributed by atoms with Gasteiger partial charge < -0.3 is 10.6 Å². The molecule has 1 aliphatic rings. The summed E-state index contributed by atoms with van der Waals surface area (Å²) in [5.41, 5.74) is 5.63. The topological polar surface area (TPSA) is 80.5 Å². The van der Waals surface area contributed by atoms with E-state index in [0.29, 0.717) is 19.4 Å². The van der Waals surface area contributed by atoms with Gasteiger partial charge in [0, 0.05) is 13.1 Å². The predicted molar refractivity (Wildman–Crippen MR) is 58.1 cm³/mol. The van der Waals surface area contributed by atoms with Crippen molar-refractivity contribution in [3.8, 4) is 0 Å². The molecular weight excluding hydrogens is 216 g/mol. The zero-order chi connectivity index (χ0) is 11.5. The first kappa shape index (κ1) is 12.4. The fourth-order valence-corrected chi connectivity index (χ4v) is 2.84. The number of rotatable bonds is 2. The molecule has 0 aromatic rings. The number of nitrogens with two attached hydrogens (primary N) is 1. The van der Waals surface area contributed by atoms with Crippen LogP contribution in [0.1, 0.15) is 19.8 Å². The van der Waals surface area contributed by atoms with Gasteiger partial charge in [-0.2, -0.15) is 0 Å². The van der Waals surface area contributed by atoms with Crippen LogP contribution >= 0.6 is 0 Å². The number of hydrogen-bond acceptors (Lipinski definition) is 4. The van der Waals surface area contributed by atoms with Crippen LogP contribution in [0.5, 0.6) is 0 Å². The summed E-state index contributed by atoms with van der Waals surface area (Å²) in [5.74, 6) is 0.113. The molecule has 0 bridgehead atoms. The van der Waals surface area contributed by atoms with E-state index in [2.05, 4.69) is 0 Å². The summed E-state index contributed by atoms with van der Waals surface area (Å²) in [6, 6.07) is -0.495. The van der Waals surface area contributed by atoms with Crippen LogP contribution in [0.15, 0.2) is 0 Å². The van der Waals surface area contributed by atoms with Crippen LogP contribution in [0.4, 0.5) is 0 Å². The van der Waals surface area contributed by atoms with Crippen LogP contribution in [0.3, 0.4) is 0 Å². The maximum Gasteiger partial charge on any atom is 0.239 e. The fraction of sp³-hybridized carbons (Fsp3) is 0.889. The highest BCUT2D eigenvalue weighted by Crippen LogP contribution is 2.07. The van der Waals surface area contributed by atoms with Gasteiger partial charge in [-0.1, -0.05) is 6.92 Å². The lowest BCUT2D eigenvalue weighted by atomic mass is 10.2. The van der Waals surface area contributed by atoms with Crippen molar-refractivity contribution in [3.63, 3.8) is 0 Å². The monoisotopic (exact) mass is 234 g/mol. The van der Waals surface area contributed by atoms with Gasteiger partial charge in [-0.05, 0) is 12.8 Å². The van der Waals surface area contributed by atoms with Crippen LogP contribution in [-0.2, 0) is 14.6 Å². The van der Waals surface area contributed by atoms with E-state index in [1.807, 2.05) is 6.92 Å². The molecular formula is C9H18N2O3S. The summed E-state index contributed by atoms with van der Waals surface area (Å²) in [6.45, 7) is 2.64. The minimum Gasteiger partial charge on any atom is -0.340 e. The molecule has 6 heteroatoms. The van der Waals surface area contributed by atoms with E-state index in [0.717, 1.165) is 0 Å². The van der Waals surface area contributed by atoms with Crippen molar-refractivity contribution in [2.45, 2.75) is 25.8 Å². The minimum absolute atomic E-state index is 0.0647. The summed E-state index contributed by atoms with van der Waals surface area (Å²) in [5, 5.41) is 0. The molecule has 0 unspecified atom stereocenters. The third kappa shape index (κ3) is 3.46.